The fourth-order valence-electron chi connectivity index (χ4n) is 3.35. The Morgan fingerprint density at radius 3 is 2.57 bits per heavy atom. The number of carbonyl (C=O) groups is 1. The maximum atomic E-state index is 13.0. The number of anilines is 2. The van der Waals surface area contributed by atoms with Crippen molar-refractivity contribution in [3.05, 3.63) is 82.5 Å². The van der Waals surface area contributed by atoms with Crippen LogP contribution in [0.15, 0.2) is 55.0 Å². The third kappa shape index (κ3) is 5.61. The molecule has 1 aromatic carbocycles. The van der Waals surface area contributed by atoms with Gasteiger partial charge in [0.2, 0.25) is 5.95 Å². The number of benzene rings is 1. The first-order chi connectivity index (χ1) is 16.6. The maximum Gasteiger partial charge on any atom is 0.433 e. The number of aryl methyl sites for hydroxylation is 1. The smallest absolute Gasteiger partial charge is 0.433 e. The van der Waals surface area contributed by atoms with Gasteiger partial charge in [0.15, 0.2) is 0 Å². The van der Waals surface area contributed by atoms with Gasteiger partial charge >= 0.3 is 12.1 Å². The predicted molar refractivity (Wildman–Crippen MR) is 123 cm³/mol. The van der Waals surface area contributed by atoms with Crippen LogP contribution in [0.5, 0.6) is 0 Å². The molecule has 0 aliphatic carbocycles. The van der Waals surface area contributed by atoms with Crippen LogP contribution in [-0.2, 0) is 6.18 Å². The van der Waals surface area contributed by atoms with Crippen molar-refractivity contribution in [2.75, 3.05) is 11.9 Å². The first kappa shape index (κ1) is 24.2. The average molecular weight is 501 g/mol. The summed E-state index contributed by atoms with van der Waals surface area (Å²) in [6, 6.07) is 9.14. The van der Waals surface area contributed by atoms with Crippen molar-refractivity contribution in [2.24, 2.45) is 0 Å². The molecule has 0 aliphatic heterocycles. The minimum atomic E-state index is -4.58. The van der Waals surface area contributed by atoms with Gasteiger partial charge in [-0.1, -0.05) is 12.1 Å². The molecule has 4 aromatic rings. The lowest BCUT2D eigenvalue weighted by atomic mass is 10.0. The predicted octanol–water partition coefficient (Wildman–Crippen LogP) is 4.89. The van der Waals surface area contributed by atoms with E-state index in [2.05, 4.69) is 25.3 Å². The zero-order chi connectivity index (χ0) is 25.2. The van der Waals surface area contributed by atoms with E-state index in [9.17, 15) is 23.1 Å². The lowest BCUT2D eigenvalue weighted by Crippen LogP contribution is -2.10. The third-order valence-electron chi connectivity index (χ3n) is 4.98. The lowest BCUT2D eigenvalue weighted by molar-refractivity contribution is -0.141. The summed E-state index contributed by atoms with van der Waals surface area (Å²) in [4.78, 5) is 27.5. The topological polar surface area (TPSA) is 121 Å². The number of nitrogens with zero attached hydrogens (tertiary/aromatic N) is 4. The summed E-state index contributed by atoms with van der Waals surface area (Å²) in [5.41, 5.74) is 1.58. The second-order valence-corrected chi connectivity index (χ2v) is 8.62. The van der Waals surface area contributed by atoms with E-state index in [0.717, 1.165) is 28.3 Å². The Hall–Kier alpha value is -3.90. The Labute approximate surface area is 201 Å². The van der Waals surface area contributed by atoms with Crippen LogP contribution in [0, 0.1) is 6.92 Å². The van der Waals surface area contributed by atoms with E-state index < -0.39 is 23.8 Å². The van der Waals surface area contributed by atoms with Crippen LogP contribution in [0.2, 0.25) is 0 Å². The van der Waals surface area contributed by atoms with Gasteiger partial charge in [0.25, 0.3) is 0 Å². The van der Waals surface area contributed by atoms with Gasteiger partial charge in [-0.25, -0.2) is 24.7 Å². The Balaban J connectivity index is 1.60. The van der Waals surface area contributed by atoms with Gasteiger partial charge < -0.3 is 15.5 Å². The SMILES string of the molecule is Cc1cc(Nc2nccc(C(F)(F)F)n2)cc(-c2cnc(C(CO)c3ccc(C(=O)O)nc3)s2)c1. The Kier molecular flexibility index (Phi) is 6.76. The molecule has 12 heteroatoms. The van der Waals surface area contributed by atoms with Crippen molar-refractivity contribution in [3.63, 3.8) is 0 Å². The van der Waals surface area contributed by atoms with Crippen molar-refractivity contribution in [3.8, 4) is 10.4 Å². The zero-order valence-corrected chi connectivity index (χ0v) is 18.9. The van der Waals surface area contributed by atoms with Gasteiger partial charge in [-0.15, -0.1) is 11.3 Å². The second kappa shape index (κ2) is 9.76. The molecule has 0 saturated heterocycles. The molecule has 0 spiro atoms. The normalized spacial score (nSPS) is 12.4. The Morgan fingerprint density at radius 1 is 1.11 bits per heavy atom. The van der Waals surface area contributed by atoms with Crippen LogP contribution < -0.4 is 5.32 Å². The Morgan fingerprint density at radius 2 is 1.91 bits per heavy atom. The number of hydrogen-bond acceptors (Lipinski definition) is 8. The highest BCUT2D eigenvalue weighted by Crippen LogP contribution is 2.35. The lowest BCUT2D eigenvalue weighted by Gasteiger charge is -2.11. The molecule has 35 heavy (non-hydrogen) atoms. The number of hydrogen-bond donors (Lipinski definition) is 3. The number of halogens is 3. The quantitative estimate of drug-likeness (QED) is 0.327. The van der Waals surface area contributed by atoms with Gasteiger partial charge in [0.1, 0.15) is 16.4 Å². The molecule has 3 heterocycles. The molecule has 4 rings (SSSR count). The van der Waals surface area contributed by atoms with Crippen molar-refractivity contribution in [2.45, 2.75) is 19.0 Å². The van der Waals surface area contributed by atoms with Crippen molar-refractivity contribution in [1.82, 2.24) is 19.9 Å². The highest BCUT2D eigenvalue weighted by molar-refractivity contribution is 7.15. The van der Waals surface area contributed by atoms with Gasteiger partial charge in [0, 0.05) is 24.3 Å². The van der Waals surface area contributed by atoms with Crippen molar-refractivity contribution >= 4 is 28.9 Å². The molecule has 0 saturated carbocycles. The molecule has 0 bridgehead atoms. The number of thiazole rings is 1. The zero-order valence-electron chi connectivity index (χ0n) is 18.1. The minimum Gasteiger partial charge on any atom is -0.477 e. The standard InChI is InChI=1S/C23H18F3N5O3S/c1-12-6-14(8-15(7-12)30-22-27-5-4-19(31-22)23(24,25)26)18-10-29-20(35-18)16(11-32)13-2-3-17(21(33)34)28-9-13/h2-10,16,32H,11H2,1H3,(H,33,34)(H,27,30,31). The van der Waals surface area contributed by atoms with Crippen molar-refractivity contribution in [1.29, 1.82) is 0 Å². The third-order valence-corrected chi connectivity index (χ3v) is 6.14. The van der Waals surface area contributed by atoms with Crippen LogP contribution in [0.4, 0.5) is 24.8 Å². The van der Waals surface area contributed by atoms with Crippen LogP contribution in [0.1, 0.15) is 38.2 Å². The number of aromatic nitrogens is 4. The van der Waals surface area contributed by atoms with E-state index in [1.165, 1.54) is 23.6 Å². The largest absolute Gasteiger partial charge is 0.477 e. The first-order valence-electron chi connectivity index (χ1n) is 10.2. The molecule has 180 valence electrons. The number of rotatable bonds is 7. The maximum absolute atomic E-state index is 13.0. The number of nitrogens with one attached hydrogen (secondary N) is 1. The van der Waals surface area contributed by atoms with Crippen LogP contribution >= 0.6 is 11.3 Å². The van der Waals surface area contributed by atoms with Crippen LogP contribution in [-0.4, -0.2) is 42.7 Å². The molecule has 0 fully saturated rings. The fourth-order valence-corrected chi connectivity index (χ4v) is 4.37. The summed E-state index contributed by atoms with van der Waals surface area (Å²) in [7, 11) is 0. The molecule has 3 aromatic heterocycles. The number of aliphatic hydroxyl groups excluding tert-OH is 1. The van der Waals surface area contributed by atoms with Gasteiger partial charge in [-0.05, 0) is 47.9 Å². The fraction of sp³-hybridized carbons (Fsp3) is 0.174. The first-order valence-corrected chi connectivity index (χ1v) is 11.0. The summed E-state index contributed by atoms with van der Waals surface area (Å²) < 4.78 is 38.9. The number of pyridine rings is 1. The average Bonchev–Trinajstić information content (AvgIpc) is 3.29. The summed E-state index contributed by atoms with van der Waals surface area (Å²) in [6.07, 6.45) is -0.504. The number of aromatic carboxylic acids is 1. The highest BCUT2D eigenvalue weighted by Gasteiger charge is 2.32. The minimum absolute atomic E-state index is 0.102. The summed E-state index contributed by atoms with van der Waals surface area (Å²) in [5.74, 6) is -1.82. The number of carboxylic acid groups (broad SMARTS) is 1. The van der Waals surface area contributed by atoms with Crippen molar-refractivity contribution < 1.29 is 28.2 Å². The molecule has 1 atom stereocenters. The molecule has 0 radical (unpaired) electrons. The van der Waals surface area contributed by atoms with E-state index >= 15 is 0 Å². The summed E-state index contributed by atoms with van der Waals surface area (Å²) in [5, 5.41) is 22.4. The molecular formula is C23H18F3N5O3S. The summed E-state index contributed by atoms with van der Waals surface area (Å²) >= 11 is 1.33. The summed E-state index contributed by atoms with van der Waals surface area (Å²) in [6.45, 7) is 1.59. The van der Waals surface area contributed by atoms with E-state index in [0.29, 0.717) is 16.3 Å². The highest BCUT2D eigenvalue weighted by atomic mass is 32.1. The number of aliphatic hydroxyl groups is 1. The monoisotopic (exact) mass is 501 g/mol. The Bertz CT molecular complexity index is 1360. The van der Waals surface area contributed by atoms with Crippen LogP contribution in [0.25, 0.3) is 10.4 Å². The molecule has 3 N–H and O–H groups in total. The molecule has 0 amide bonds. The second-order valence-electron chi connectivity index (χ2n) is 7.56. The molecular weight excluding hydrogens is 483 g/mol. The molecule has 0 aliphatic rings. The van der Waals surface area contributed by atoms with E-state index in [4.69, 9.17) is 5.11 Å². The van der Waals surface area contributed by atoms with Gasteiger partial charge in [0.05, 0.1) is 17.4 Å². The number of carboxylic acids is 1. The number of alkyl halides is 3. The van der Waals surface area contributed by atoms with E-state index in [1.807, 2.05) is 13.0 Å². The van der Waals surface area contributed by atoms with E-state index in [-0.39, 0.29) is 18.2 Å². The van der Waals surface area contributed by atoms with Gasteiger partial charge in [-0.3, -0.25) is 0 Å². The van der Waals surface area contributed by atoms with E-state index in [1.54, 1.807) is 24.4 Å². The van der Waals surface area contributed by atoms with Crippen LogP contribution in [0.3, 0.4) is 0 Å². The van der Waals surface area contributed by atoms with Gasteiger partial charge in [-0.2, -0.15) is 13.2 Å². The molecule has 8 nitrogen and oxygen atoms in total. The molecule has 1 unspecified atom stereocenters.